The van der Waals surface area contributed by atoms with E-state index in [2.05, 4.69) is 5.32 Å². The van der Waals surface area contributed by atoms with Crippen molar-refractivity contribution in [2.24, 2.45) is 5.92 Å². The van der Waals surface area contributed by atoms with Crippen LogP contribution in [-0.4, -0.2) is 34.7 Å². The molecule has 1 amide bonds. The summed E-state index contributed by atoms with van der Waals surface area (Å²) in [5, 5.41) is 21.0. The molecule has 1 aliphatic carbocycles. The molecule has 2 atom stereocenters. The zero-order valence-electron chi connectivity index (χ0n) is 10.9. The predicted molar refractivity (Wildman–Crippen MR) is 67.0 cm³/mol. The van der Waals surface area contributed by atoms with E-state index in [1.54, 1.807) is 0 Å². The Kier molecular flexibility index (Phi) is 5.34. The van der Waals surface area contributed by atoms with Gasteiger partial charge < -0.3 is 15.5 Å². The molecule has 0 aromatic rings. The second-order valence-corrected chi connectivity index (χ2v) is 4.95. The largest absolute Gasteiger partial charge is 0.478 e. The Labute approximate surface area is 107 Å². The molecule has 0 radical (unpaired) electrons. The number of carbonyl (C=O) groups excluding carboxylic acids is 1. The first-order valence-electron chi connectivity index (χ1n) is 6.28. The van der Waals surface area contributed by atoms with Crippen LogP contribution in [0.25, 0.3) is 0 Å². The molecule has 1 rings (SSSR count). The summed E-state index contributed by atoms with van der Waals surface area (Å²) in [6, 6.07) is 0. The fraction of sp³-hybridized carbons (Fsp3) is 0.692. The molecule has 0 spiro atoms. The van der Waals surface area contributed by atoms with Gasteiger partial charge >= 0.3 is 5.97 Å². The highest BCUT2D eigenvalue weighted by atomic mass is 16.4. The fourth-order valence-corrected chi connectivity index (χ4v) is 2.15. The second kappa shape index (κ2) is 6.54. The highest BCUT2D eigenvalue weighted by Crippen LogP contribution is 2.23. The van der Waals surface area contributed by atoms with Gasteiger partial charge in [-0.3, -0.25) is 4.79 Å². The first kappa shape index (κ1) is 14.7. The van der Waals surface area contributed by atoms with Crippen molar-refractivity contribution in [2.75, 3.05) is 6.54 Å². The number of nitrogens with one attached hydrogen (secondary N) is 1. The third kappa shape index (κ3) is 4.14. The minimum Gasteiger partial charge on any atom is -0.478 e. The van der Waals surface area contributed by atoms with Crippen molar-refractivity contribution in [1.29, 1.82) is 0 Å². The van der Waals surface area contributed by atoms with E-state index >= 15 is 0 Å². The first-order chi connectivity index (χ1) is 8.41. The van der Waals surface area contributed by atoms with Crippen molar-refractivity contribution in [3.8, 4) is 0 Å². The molecule has 2 unspecified atom stereocenters. The Balaban J connectivity index is 2.46. The van der Waals surface area contributed by atoms with E-state index < -0.39 is 5.97 Å². The summed E-state index contributed by atoms with van der Waals surface area (Å²) in [6.07, 6.45) is 3.25. The summed E-state index contributed by atoms with van der Waals surface area (Å²) in [4.78, 5) is 22.4. The molecule has 18 heavy (non-hydrogen) atoms. The molecule has 0 bridgehead atoms. The maximum atomic E-state index is 11.7. The van der Waals surface area contributed by atoms with Crippen LogP contribution in [0, 0.1) is 5.92 Å². The Hall–Kier alpha value is -1.36. The van der Waals surface area contributed by atoms with Gasteiger partial charge in [0.2, 0.25) is 5.91 Å². The lowest BCUT2D eigenvalue weighted by molar-refractivity contribution is -0.133. The number of rotatable bonds is 4. The second-order valence-electron chi connectivity index (χ2n) is 4.95. The van der Waals surface area contributed by atoms with Gasteiger partial charge in [0.05, 0.1) is 6.10 Å². The van der Waals surface area contributed by atoms with Gasteiger partial charge in [-0.25, -0.2) is 4.79 Å². The molecule has 5 heteroatoms. The Bertz CT molecular complexity index is 362. The molecule has 0 aromatic carbocycles. The van der Waals surface area contributed by atoms with Gasteiger partial charge in [0.25, 0.3) is 0 Å². The average Bonchev–Trinajstić information content (AvgIpc) is 2.34. The smallest absolute Gasteiger partial charge is 0.331 e. The van der Waals surface area contributed by atoms with Crippen LogP contribution in [0.4, 0.5) is 0 Å². The molecule has 0 heterocycles. The lowest BCUT2D eigenvalue weighted by Crippen LogP contribution is -2.33. The van der Waals surface area contributed by atoms with Gasteiger partial charge in [-0.05, 0) is 39.0 Å². The van der Waals surface area contributed by atoms with Gasteiger partial charge in [-0.15, -0.1) is 0 Å². The number of carboxylic acids is 1. The maximum absolute atomic E-state index is 11.7. The predicted octanol–water partition coefficient (Wildman–Crippen LogP) is 1.07. The standard InChI is InChI=1S/C13H21NO4/c1-8(9(2)13(17)18)12(16)14-7-10-4-3-5-11(15)6-10/h10-11,15H,3-7H2,1-2H3,(H,14,16)(H,17,18). The quantitative estimate of drug-likeness (QED) is 0.656. The summed E-state index contributed by atoms with van der Waals surface area (Å²) >= 11 is 0. The van der Waals surface area contributed by atoms with Crippen molar-refractivity contribution in [1.82, 2.24) is 5.32 Å². The Morgan fingerprint density at radius 2 is 1.89 bits per heavy atom. The number of aliphatic hydroxyl groups excluding tert-OH is 1. The molecule has 1 saturated carbocycles. The third-order valence-corrected chi connectivity index (χ3v) is 3.53. The SMILES string of the molecule is CC(C(=O)O)=C(C)C(=O)NCC1CCCC(O)C1. The van der Waals surface area contributed by atoms with Crippen LogP contribution in [0.5, 0.6) is 0 Å². The van der Waals surface area contributed by atoms with E-state index in [1.165, 1.54) is 13.8 Å². The van der Waals surface area contributed by atoms with Crippen LogP contribution in [0.3, 0.4) is 0 Å². The summed E-state index contributed by atoms with van der Waals surface area (Å²) in [7, 11) is 0. The highest BCUT2D eigenvalue weighted by molar-refractivity contribution is 6.01. The molecule has 102 valence electrons. The molecular weight excluding hydrogens is 234 g/mol. The molecule has 0 aliphatic heterocycles. The van der Waals surface area contributed by atoms with Gasteiger partial charge in [-0.1, -0.05) is 6.42 Å². The fourth-order valence-electron chi connectivity index (χ4n) is 2.15. The van der Waals surface area contributed by atoms with Gasteiger partial charge in [-0.2, -0.15) is 0 Å². The zero-order chi connectivity index (χ0) is 13.7. The number of hydrogen-bond donors (Lipinski definition) is 3. The van der Waals surface area contributed by atoms with Gasteiger partial charge in [0, 0.05) is 17.7 Å². The molecule has 5 nitrogen and oxygen atoms in total. The maximum Gasteiger partial charge on any atom is 0.331 e. The van der Waals surface area contributed by atoms with Crippen molar-refractivity contribution in [3.63, 3.8) is 0 Å². The van der Waals surface area contributed by atoms with Crippen LogP contribution in [0.2, 0.25) is 0 Å². The topological polar surface area (TPSA) is 86.6 Å². The monoisotopic (exact) mass is 255 g/mol. The van der Waals surface area contributed by atoms with Crippen molar-refractivity contribution in [2.45, 2.75) is 45.6 Å². The van der Waals surface area contributed by atoms with E-state index in [9.17, 15) is 14.7 Å². The van der Waals surface area contributed by atoms with Crippen LogP contribution < -0.4 is 5.32 Å². The zero-order valence-corrected chi connectivity index (χ0v) is 10.9. The van der Waals surface area contributed by atoms with Crippen LogP contribution >= 0.6 is 0 Å². The first-order valence-corrected chi connectivity index (χ1v) is 6.28. The highest BCUT2D eigenvalue weighted by Gasteiger charge is 2.21. The summed E-state index contributed by atoms with van der Waals surface area (Å²) < 4.78 is 0. The molecule has 1 fully saturated rings. The minimum absolute atomic E-state index is 0.0659. The number of carbonyl (C=O) groups is 2. The summed E-state index contributed by atoms with van der Waals surface area (Å²) in [5.74, 6) is -1.12. The van der Waals surface area contributed by atoms with Gasteiger partial charge in [0.15, 0.2) is 0 Å². The van der Waals surface area contributed by atoms with Crippen LogP contribution in [0.15, 0.2) is 11.1 Å². The number of hydrogen-bond acceptors (Lipinski definition) is 3. The number of aliphatic carboxylic acids is 1. The van der Waals surface area contributed by atoms with E-state index in [1.807, 2.05) is 0 Å². The number of aliphatic hydroxyl groups is 1. The van der Waals surface area contributed by atoms with E-state index in [4.69, 9.17) is 5.11 Å². The molecule has 0 saturated heterocycles. The third-order valence-electron chi connectivity index (χ3n) is 3.53. The van der Waals surface area contributed by atoms with Crippen molar-refractivity contribution in [3.05, 3.63) is 11.1 Å². The normalized spacial score (nSPS) is 25.3. The van der Waals surface area contributed by atoms with Gasteiger partial charge in [0.1, 0.15) is 0 Å². The number of amides is 1. The Morgan fingerprint density at radius 3 is 2.44 bits per heavy atom. The van der Waals surface area contributed by atoms with E-state index in [0.717, 1.165) is 19.3 Å². The van der Waals surface area contributed by atoms with Crippen molar-refractivity contribution < 1.29 is 19.8 Å². The molecule has 3 N–H and O–H groups in total. The van der Waals surface area contributed by atoms with Crippen molar-refractivity contribution >= 4 is 11.9 Å². The Morgan fingerprint density at radius 1 is 1.22 bits per heavy atom. The van der Waals surface area contributed by atoms with Crippen LogP contribution in [0.1, 0.15) is 39.5 Å². The lowest BCUT2D eigenvalue weighted by Gasteiger charge is -2.26. The number of carboxylic acid groups (broad SMARTS) is 1. The lowest BCUT2D eigenvalue weighted by atomic mass is 9.87. The summed E-state index contributed by atoms with van der Waals surface area (Å²) in [6.45, 7) is 3.43. The van der Waals surface area contributed by atoms with E-state index in [-0.39, 0.29) is 29.1 Å². The average molecular weight is 255 g/mol. The summed E-state index contributed by atoms with van der Waals surface area (Å²) in [5.41, 5.74) is 0.301. The molecular formula is C13H21NO4. The minimum atomic E-state index is -1.07. The van der Waals surface area contributed by atoms with Crippen LogP contribution in [-0.2, 0) is 9.59 Å². The molecule has 1 aliphatic rings. The molecule has 0 aromatic heterocycles. The van der Waals surface area contributed by atoms with E-state index in [0.29, 0.717) is 13.0 Å².